The summed E-state index contributed by atoms with van der Waals surface area (Å²) in [6.07, 6.45) is 8.18. The molecule has 24 heavy (non-hydrogen) atoms. The smallest absolute Gasteiger partial charge is 0.423 e. The van der Waals surface area contributed by atoms with E-state index in [9.17, 15) is 5.02 Å². The summed E-state index contributed by atoms with van der Waals surface area (Å²) in [6.45, 7) is 4.56. The SMILES string of the molecule is CCCSN1CCC2(C1)CC1(C2)OB(O)c2cnc3[nH]ccc3c21. The zero-order valence-corrected chi connectivity index (χ0v) is 14.7. The Balaban J connectivity index is 1.44. The molecule has 0 unspecified atom stereocenters. The lowest BCUT2D eigenvalue weighted by molar-refractivity contribution is -0.108. The van der Waals surface area contributed by atoms with Gasteiger partial charge in [0.2, 0.25) is 0 Å². The minimum absolute atomic E-state index is 0.316. The molecule has 2 aromatic rings. The summed E-state index contributed by atoms with van der Waals surface area (Å²) in [4.78, 5) is 7.60. The quantitative estimate of drug-likeness (QED) is 0.660. The van der Waals surface area contributed by atoms with Crippen LogP contribution in [-0.2, 0) is 10.3 Å². The van der Waals surface area contributed by atoms with Gasteiger partial charge in [0.25, 0.3) is 0 Å². The van der Waals surface area contributed by atoms with E-state index >= 15 is 0 Å². The van der Waals surface area contributed by atoms with E-state index in [0.29, 0.717) is 5.41 Å². The van der Waals surface area contributed by atoms with Gasteiger partial charge in [-0.1, -0.05) is 18.9 Å². The van der Waals surface area contributed by atoms with Crippen LogP contribution in [0.15, 0.2) is 18.5 Å². The maximum absolute atomic E-state index is 10.4. The van der Waals surface area contributed by atoms with Crippen molar-refractivity contribution in [3.05, 3.63) is 24.0 Å². The van der Waals surface area contributed by atoms with Crippen LogP contribution in [0.1, 0.15) is 38.2 Å². The summed E-state index contributed by atoms with van der Waals surface area (Å²) < 4.78 is 8.64. The third-order valence-corrected chi connectivity index (χ3v) is 7.14. The summed E-state index contributed by atoms with van der Waals surface area (Å²) in [5, 5.41) is 11.5. The molecule has 1 saturated heterocycles. The van der Waals surface area contributed by atoms with Crippen LogP contribution in [0, 0.1) is 5.41 Å². The van der Waals surface area contributed by atoms with E-state index < -0.39 is 7.12 Å². The lowest BCUT2D eigenvalue weighted by atomic mass is 9.56. The summed E-state index contributed by atoms with van der Waals surface area (Å²) in [6, 6.07) is 2.06. The number of rotatable bonds is 3. The van der Waals surface area contributed by atoms with Gasteiger partial charge >= 0.3 is 7.12 Å². The highest BCUT2D eigenvalue weighted by atomic mass is 32.2. The minimum Gasteiger partial charge on any atom is -0.423 e. The van der Waals surface area contributed by atoms with Gasteiger partial charge in [0.05, 0.1) is 5.60 Å². The van der Waals surface area contributed by atoms with Crippen LogP contribution in [0.3, 0.4) is 0 Å². The summed E-state index contributed by atoms with van der Waals surface area (Å²) in [5.74, 6) is 1.20. The first-order valence-electron chi connectivity index (χ1n) is 8.85. The van der Waals surface area contributed by atoms with Crippen LogP contribution in [0.5, 0.6) is 0 Å². The van der Waals surface area contributed by atoms with Crippen molar-refractivity contribution < 1.29 is 9.68 Å². The first kappa shape index (κ1) is 15.3. The molecule has 1 saturated carbocycles. The zero-order chi connectivity index (χ0) is 16.4. The molecule has 2 N–H and O–H groups in total. The second-order valence-electron chi connectivity index (χ2n) is 7.59. The number of H-pyrrole nitrogens is 1. The van der Waals surface area contributed by atoms with Gasteiger partial charge in [0.15, 0.2) is 0 Å². The first-order chi connectivity index (χ1) is 11.6. The molecular weight excluding hydrogens is 321 g/mol. The molecule has 2 aliphatic heterocycles. The van der Waals surface area contributed by atoms with E-state index in [1.165, 1.54) is 30.7 Å². The van der Waals surface area contributed by atoms with Crippen LogP contribution >= 0.6 is 11.9 Å². The van der Waals surface area contributed by atoms with E-state index in [0.717, 1.165) is 35.9 Å². The second-order valence-corrected chi connectivity index (χ2v) is 8.78. The molecule has 0 amide bonds. The topological polar surface area (TPSA) is 61.4 Å². The number of aromatic amines is 1. The third-order valence-electron chi connectivity index (χ3n) is 5.88. The van der Waals surface area contributed by atoms with Gasteiger partial charge in [0.1, 0.15) is 5.65 Å². The van der Waals surface area contributed by atoms with Crippen molar-refractivity contribution in [3.8, 4) is 0 Å². The van der Waals surface area contributed by atoms with Gasteiger partial charge < -0.3 is 14.7 Å². The molecule has 0 radical (unpaired) electrons. The molecule has 2 fully saturated rings. The summed E-state index contributed by atoms with van der Waals surface area (Å²) in [7, 11) is -0.837. The van der Waals surface area contributed by atoms with Gasteiger partial charge in [-0.15, -0.1) is 0 Å². The predicted molar refractivity (Wildman–Crippen MR) is 97.1 cm³/mol. The molecule has 0 bridgehead atoms. The fraction of sp³-hybridized carbons (Fsp3) is 0.588. The molecule has 4 heterocycles. The van der Waals surface area contributed by atoms with Crippen LogP contribution in [0.25, 0.3) is 11.0 Å². The molecule has 0 aromatic carbocycles. The fourth-order valence-corrected chi connectivity index (χ4v) is 6.01. The van der Waals surface area contributed by atoms with Crippen LogP contribution < -0.4 is 5.46 Å². The van der Waals surface area contributed by atoms with Crippen molar-refractivity contribution in [1.29, 1.82) is 0 Å². The van der Waals surface area contributed by atoms with Crippen molar-refractivity contribution in [3.63, 3.8) is 0 Å². The Morgan fingerprint density at radius 2 is 2.38 bits per heavy atom. The summed E-state index contributed by atoms with van der Waals surface area (Å²) >= 11 is 1.98. The first-order valence-corrected chi connectivity index (χ1v) is 9.79. The Morgan fingerprint density at radius 3 is 3.21 bits per heavy atom. The van der Waals surface area contributed by atoms with Gasteiger partial charge in [0, 0.05) is 42.1 Å². The largest absolute Gasteiger partial charge is 0.493 e. The second kappa shape index (κ2) is 5.24. The highest BCUT2D eigenvalue weighted by molar-refractivity contribution is 7.97. The molecule has 7 heteroatoms. The van der Waals surface area contributed by atoms with E-state index in [1.807, 2.05) is 18.1 Å². The minimum atomic E-state index is -0.837. The van der Waals surface area contributed by atoms with Gasteiger partial charge in [-0.25, -0.2) is 4.98 Å². The molecule has 5 nitrogen and oxygen atoms in total. The lowest BCUT2D eigenvalue weighted by Crippen LogP contribution is -2.51. The number of aromatic nitrogens is 2. The van der Waals surface area contributed by atoms with Crippen LogP contribution in [0.4, 0.5) is 0 Å². The number of hydrogen-bond acceptors (Lipinski definition) is 5. The van der Waals surface area contributed by atoms with Gasteiger partial charge in [-0.3, -0.25) is 4.31 Å². The van der Waals surface area contributed by atoms with Crippen molar-refractivity contribution in [2.24, 2.45) is 5.41 Å². The zero-order valence-electron chi connectivity index (χ0n) is 13.9. The van der Waals surface area contributed by atoms with Crippen molar-refractivity contribution in [2.45, 2.75) is 38.2 Å². The number of hydrogen-bond donors (Lipinski definition) is 2. The Hall–Kier alpha value is -1.02. The van der Waals surface area contributed by atoms with Gasteiger partial charge in [-0.05, 0) is 42.7 Å². The van der Waals surface area contributed by atoms with Gasteiger partial charge in [-0.2, -0.15) is 0 Å². The van der Waals surface area contributed by atoms with Crippen LogP contribution in [0.2, 0.25) is 0 Å². The standard InChI is InChI=1S/C17H22BN3O2S/c1-2-7-24-21-6-4-16(11-21)9-17(10-16)14-12-3-5-19-15(12)20-8-13(14)18(22)23-17/h3,5,8,22H,2,4,6-7,9-11H2,1H3,(H,19,20). The van der Waals surface area contributed by atoms with E-state index in [1.54, 1.807) is 6.20 Å². The summed E-state index contributed by atoms with van der Waals surface area (Å²) in [5.41, 5.74) is 2.95. The maximum Gasteiger partial charge on any atom is 0.493 e. The number of fused-ring (bicyclic) bond motifs is 4. The monoisotopic (exact) mass is 343 g/mol. The highest BCUT2D eigenvalue weighted by Gasteiger charge is 2.63. The van der Waals surface area contributed by atoms with E-state index in [-0.39, 0.29) is 5.60 Å². The Bertz CT molecular complexity index is 789. The predicted octanol–water partition coefficient (Wildman–Crippen LogP) is 2.02. The van der Waals surface area contributed by atoms with Crippen molar-refractivity contribution >= 4 is 35.6 Å². The molecule has 1 aliphatic carbocycles. The number of nitrogens with one attached hydrogen (secondary N) is 1. The molecule has 0 atom stereocenters. The van der Waals surface area contributed by atoms with Crippen LogP contribution in [-0.4, -0.2) is 45.3 Å². The van der Waals surface area contributed by atoms with E-state index in [4.69, 9.17) is 4.65 Å². The molecular formula is C17H22BN3O2S. The normalized spacial score (nSPS) is 32.2. The Morgan fingerprint density at radius 1 is 1.50 bits per heavy atom. The average Bonchev–Trinajstić information content (AvgIpc) is 3.23. The van der Waals surface area contributed by atoms with Crippen molar-refractivity contribution in [2.75, 3.05) is 18.8 Å². The average molecular weight is 343 g/mol. The highest BCUT2D eigenvalue weighted by Crippen LogP contribution is 2.62. The lowest BCUT2D eigenvalue weighted by Gasteiger charge is -2.53. The fourth-order valence-electron chi connectivity index (χ4n) is 4.99. The van der Waals surface area contributed by atoms with E-state index in [2.05, 4.69) is 27.3 Å². The number of nitrogens with zero attached hydrogens (tertiary/aromatic N) is 2. The molecule has 2 aromatic heterocycles. The molecule has 5 rings (SSSR count). The molecule has 2 spiro atoms. The third kappa shape index (κ3) is 2.05. The molecule has 3 aliphatic rings. The van der Waals surface area contributed by atoms with Crippen molar-refractivity contribution in [1.82, 2.24) is 14.3 Å². The number of pyridine rings is 1. The Kier molecular flexibility index (Phi) is 3.33. The molecule has 126 valence electrons. The maximum atomic E-state index is 10.4. The Labute approximate surface area is 146 Å².